The molecule has 0 amide bonds. The summed E-state index contributed by atoms with van der Waals surface area (Å²) in [6, 6.07) is 128. The molecule has 450 valence electrons. The van der Waals surface area contributed by atoms with Crippen LogP contribution in [0.2, 0.25) is 0 Å². The van der Waals surface area contributed by atoms with E-state index in [0.717, 1.165) is 77.7 Å². The van der Waals surface area contributed by atoms with E-state index in [1.54, 1.807) is 0 Å². The number of benzene rings is 17. The zero-order chi connectivity index (χ0) is 63.9. The Morgan fingerprint density at radius 3 is 1.04 bits per heavy atom. The largest absolute Gasteiger partial charge is 0.456 e. The van der Waals surface area contributed by atoms with Crippen LogP contribution in [0.25, 0.3) is 198 Å². The SMILES string of the molecule is c1ccc(-c2cc(-c3ccc(-c4ccc5oc6ccc(-c7ccc8cc(-c9c%10ccccc%10c(-c%10cccc(-c%11ccc%12ccccc%12c%11)c%10)c%10ccccc9%10)ccc8c7)cc6c5c4)cc3)nc(-c3ccc4c(-c5ccccc5)c5ccccc5c(-c5ccccc5)c4c3)n2)cc1. The molecule has 0 bridgehead atoms. The fraction of sp³-hybridized carbons (Fsp3) is 0. The van der Waals surface area contributed by atoms with Crippen LogP contribution in [0.5, 0.6) is 0 Å². The van der Waals surface area contributed by atoms with E-state index >= 15 is 0 Å². The lowest BCUT2D eigenvalue weighted by Crippen LogP contribution is -1.97. The fourth-order valence-electron chi connectivity index (χ4n) is 15.2. The van der Waals surface area contributed by atoms with Gasteiger partial charge in [-0.15, -0.1) is 0 Å². The van der Waals surface area contributed by atoms with Crippen molar-refractivity contribution in [2.24, 2.45) is 0 Å². The van der Waals surface area contributed by atoms with Crippen LogP contribution in [0, 0.1) is 0 Å². The standard InChI is InChI=1S/C94H58N2O/c1-4-20-61(21-5-1)86-58-87(96-94(95-86)75-45-48-82-85(57-75)91(64-24-8-3-9-25-64)77-30-13-12-29-76(77)90(82)63-22-6-2-7-23-63)62-38-35-60(36-39-62)71-46-49-88-83(55-71)84-56-72(47-50-89(84)97-88)69-41-42-70-54-74(44-43-68(70)52-69)93-80-33-16-14-31-78(80)92(79-32-15-17-34-81(79)93)73-28-18-27-66(53-73)67-40-37-59-19-10-11-26-65(59)51-67/h1-58H. The fourth-order valence-corrected chi connectivity index (χ4v) is 15.2. The molecule has 0 atom stereocenters. The van der Waals surface area contributed by atoms with Gasteiger partial charge < -0.3 is 4.42 Å². The quantitative estimate of drug-likeness (QED) is 0.128. The first-order chi connectivity index (χ1) is 48.0. The van der Waals surface area contributed by atoms with Crippen molar-refractivity contribution in [3.05, 3.63) is 352 Å². The molecule has 2 aromatic heterocycles. The molecular weight excluding hydrogens is 1170 g/mol. The molecule has 19 rings (SSSR count). The van der Waals surface area contributed by atoms with Gasteiger partial charge in [-0.25, -0.2) is 9.97 Å². The first-order valence-electron chi connectivity index (χ1n) is 33.2. The molecule has 0 unspecified atom stereocenters. The summed E-state index contributed by atoms with van der Waals surface area (Å²) in [7, 11) is 0. The molecule has 0 aliphatic carbocycles. The van der Waals surface area contributed by atoms with Crippen LogP contribution >= 0.6 is 0 Å². The Hall–Kier alpha value is -12.8. The normalized spacial score (nSPS) is 11.7. The Kier molecular flexibility index (Phi) is 13.2. The Morgan fingerprint density at radius 1 is 0.165 bits per heavy atom. The number of nitrogens with zero attached hydrogens (tertiary/aromatic N) is 2. The van der Waals surface area contributed by atoms with Crippen LogP contribution in [0.4, 0.5) is 0 Å². The van der Waals surface area contributed by atoms with Gasteiger partial charge in [-0.1, -0.05) is 291 Å². The van der Waals surface area contributed by atoms with E-state index in [0.29, 0.717) is 5.82 Å². The lowest BCUT2D eigenvalue weighted by atomic mass is 9.85. The summed E-state index contributed by atoms with van der Waals surface area (Å²) in [4.78, 5) is 10.7. The smallest absolute Gasteiger partial charge is 0.160 e. The maximum Gasteiger partial charge on any atom is 0.160 e. The van der Waals surface area contributed by atoms with E-state index in [1.165, 1.54) is 115 Å². The Labute approximate surface area is 561 Å². The van der Waals surface area contributed by atoms with Crippen molar-refractivity contribution in [3.63, 3.8) is 0 Å². The van der Waals surface area contributed by atoms with Crippen molar-refractivity contribution < 1.29 is 4.42 Å². The maximum absolute atomic E-state index is 6.55. The first-order valence-corrected chi connectivity index (χ1v) is 33.2. The van der Waals surface area contributed by atoms with Gasteiger partial charge in [0.1, 0.15) is 11.2 Å². The second-order valence-electron chi connectivity index (χ2n) is 25.5. The number of furan rings is 1. The summed E-state index contributed by atoms with van der Waals surface area (Å²) < 4.78 is 6.55. The molecule has 97 heavy (non-hydrogen) atoms. The van der Waals surface area contributed by atoms with Crippen LogP contribution in [0.3, 0.4) is 0 Å². The third-order valence-corrected chi connectivity index (χ3v) is 19.8. The van der Waals surface area contributed by atoms with Crippen LogP contribution in [-0.2, 0) is 0 Å². The molecule has 0 radical (unpaired) electrons. The summed E-state index contributed by atoms with van der Waals surface area (Å²) >= 11 is 0. The molecule has 0 N–H and O–H groups in total. The predicted molar refractivity (Wildman–Crippen MR) is 409 cm³/mol. The first kappa shape index (κ1) is 55.8. The van der Waals surface area contributed by atoms with Crippen molar-refractivity contribution in [3.8, 4) is 112 Å². The summed E-state index contributed by atoms with van der Waals surface area (Å²) in [6.45, 7) is 0. The topological polar surface area (TPSA) is 38.9 Å². The zero-order valence-corrected chi connectivity index (χ0v) is 52.8. The highest BCUT2D eigenvalue weighted by atomic mass is 16.3. The number of rotatable bonds is 10. The van der Waals surface area contributed by atoms with Gasteiger partial charge in [0.15, 0.2) is 5.82 Å². The Balaban J connectivity index is 0.647. The van der Waals surface area contributed by atoms with E-state index in [9.17, 15) is 0 Å². The number of hydrogen-bond donors (Lipinski definition) is 0. The second-order valence-corrected chi connectivity index (χ2v) is 25.5. The molecule has 0 aliphatic heterocycles. The summed E-state index contributed by atoms with van der Waals surface area (Å²) in [6.07, 6.45) is 0. The number of aromatic nitrogens is 2. The van der Waals surface area contributed by atoms with E-state index in [4.69, 9.17) is 14.4 Å². The van der Waals surface area contributed by atoms with Crippen LogP contribution in [-0.4, -0.2) is 9.97 Å². The van der Waals surface area contributed by atoms with Crippen LogP contribution in [0.1, 0.15) is 0 Å². The molecule has 19 aromatic rings. The van der Waals surface area contributed by atoms with Crippen LogP contribution < -0.4 is 0 Å². The highest BCUT2D eigenvalue weighted by Gasteiger charge is 2.22. The summed E-state index contributed by atoms with van der Waals surface area (Å²) in [5, 5.41) is 16.8. The highest BCUT2D eigenvalue weighted by Crippen LogP contribution is 2.48. The number of fused-ring (bicyclic) bond motifs is 9. The molecule has 0 saturated heterocycles. The monoisotopic (exact) mass is 1230 g/mol. The highest BCUT2D eigenvalue weighted by molar-refractivity contribution is 6.23. The van der Waals surface area contributed by atoms with Gasteiger partial charge in [0.25, 0.3) is 0 Å². The van der Waals surface area contributed by atoms with E-state index in [1.807, 2.05) is 6.07 Å². The summed E-state index contributed by atoms with van der Waals surface area (Å²) in [5.74, 6) is 0.668. The average molecular weight is 1230 g/mol. The van der Waals surface area contributed by atoms with Gasteiger partial charge in [-0.3, -0.25) is 0 Å². The number of hydrogen-bond acceptors (Lipinski definition) is 3. The third kappa shape index (κ3) is 9.74. The van der Waals surface area contributed by atoms with Gasteiger partial charge in [-0.05, 0) is 203 Å². The maximum atomic E-state index is 6.55. The lowest BCUT2D eigenvalue weighted by Gasteiger charge is -2.18. The van der Waals surface area contributed by atoms with Crippen molar-refractivity contribution >= 4 is 86.6 Å². The minimum absolute atomic E-state index is 0.668. The second kappa shape index (κ2) is 23.0. The molecule has 17 aromatic carbocycles. The summed E-state index contributed by atoms with van der Waals surface area (Å²) in [5.41, 5.74) is 23.0. The molecule has 0 saturated carbocycles. The van der Waals surface area contributed by atoms with E-state index in [-0.39, 0.29) is 0 Å². The third-order valence-electron chi connectivity index (χ3n) is 19.8. The van der Waals surface area contributed by atoms with Crippen molar-refractivity contribution in [2.75, 3.05) is 0 Å². The van der Waals surface area contributed by atoms with Gasteiger partial charge in [-0.2, -0.15) is 0 Å². The van der Waals surface area contributed by atoms with Gasteiger partial charge >= 0.3 is 0 Å². The van der Waals surface area contributed by atoms with Gasteiger partial charge in [0.2, 0.25) is 0 Å². The van der Waals surface area contributed by atoms with Gasteiger partial charge in [0.05, 0.1) is 11.4 Å². The Bertz CT molecular complexity index is 6290. The predicted octanol–water partition coefficient (Wildman–Crippen LogP) is 26.0. The van der Waals surface area contributed by atoms with E-state index in [2.05, 4.69) is 346 Å². The van der Waals surface area contributed by atoms with Crippen molar-refractivity contribution in [1.82, 2.24) is 9.97 Å². The molecule has 0 aliphatic rings. The minimum atomic E-state index is 0.668. The lowest BCUT2D eigenvalue weighted by molar-refractivity contribution is 0.669. The average Bonchev–Trinajstić information content (AvgIpc) is 1.22. The zero-order valence-electron chi connectivity index (χ0n) is 52.8. The minimum Gasteiger partial charge on any atom is -0.456 e. The molecule has 3 heteroatoms. The van der Waals surface area contributed by atoms with Crippen molar-refractivity contribution in [2.45, 2.75) is 0 Å². The Morgan fingerprint density at radius 2 is 0.485 bits per heavy atom. The molecule has 2 heterocycles. The molecule has 0 spiro atoms. The van der Waals surface area contributed by atoms with Crippen molar-refractivity contribution in [1.29, 1.82) is 0 Å². The molecular formula is C94H58N2O. The van der Waals surface area contributed by atoms with Crippen LogP contribution in [0.15, 0.2) is 356 Å². The van der Waals surface area contributed by atoms with Gasteiger partial charge in [0, 0.05) is 27.5 Å². The van der Waals surface area contributed by atoms with E-state index < -0.39 is 0 Å². The molecule has 3 nitrogen and oxygen atoms in total. The molecule has 0 fully saturated rings.